The van der Waals surface area contributed by atoms with Crippen molar-refractivity contribution in [2.75, 3.05) is 6.61 Å². The minimum atomic E-state index is -0.468. The van der Waals surface area contributed by atoms with E-state index in [2.05, 4.69) is 6.92 Å². The molecule has 1 aromatic carbocycles. The van der Waals surface area contributed by atoms with Crippen molar-refractivity contribution in [2.24, 2.45) is 0 Å². The lowest BCUT2D eigenvalue weighted by Crippen LogP contribution is -2.02. The van der Waals surface area contributed by atoms with Gasteiger partial charge in [-0.25, -0.2) is 0 Å². The Labute approximate surface area is 124 Å². The van der Waals surface area contributed by atoms with Crippen LogP contribution in [0.3, 0.4) is 0 Å². The molecule has 20 heavy (non-hydrogen) atoms. The fourth-order valence-corrected chi connectivity index (χ4v) is 2.38. The maximum Gasteiger partial charge on any atom is 0.125 e. The van der Waals surface area contributed by atoms with Crippen LogP contribution in [0.5, 0.6) is 5.75 Å². The number of aliphatic hydroxyl groups is 1. The summed E-state index contributed by atoms with van der Waals surface area (Å²) in [6.45, 7) is 4.78. The van der Waals surface area contributed by atoms with Gasteiger partial charge in [-0.1, -0.05) is 70.1 Å². The number of hydrogen-bond acceptors (Lipinski definition) is 2. The lowest BCUT2D eigenvalue weighted by atomic mass is 10.1. The largest absolute Gasteiger partial charge is 0.493 e. The van der Waals surface area contributed by atoms with E-state index >= 15 is 0 Å². The first-order valence-corrected chi connectivity index (χ1v) is 8.15. The van der Waals surface area contributed by atoms with E-state index in [1.165, 1.54) is 44.9 Å². The van der Waals surface area contributed by atoms with E-state index in [0.29, 0.717) is 0 Å². The van der Waals surface area contributed by atoms with E-state index in [1.807, 2.05) is 24.3 Å². The monoisotopic (exact) mass is 278 g/mol. The molecule has 2 heteroatoms. The lowest BCUT2D eigenvalue weighted by Gasteiger charge is -2.13. The van der Waals surface area contributed by atoms with Gasteiger partial charge in [0.15, 0.2) is 0 Å². The molecule has 0 radical (unpaired) electrons. The fourth-order valence-electron chi connectivity index (χ4n) is 2.38. The third kappa shape index (κ3) is 6.95. The van der Waals surface area contributed by atoms with Crippen molar-refractivity contribution in [1.82, 2.24) is 0 Å². The summed E-state index contributed by atoms with van der Waals surface area (Å²) in [5.74, 6) is 0.824. The zero-order valence-corrected chi connectivity index (χ0v) is 13.1. The number of aliphatic hydroxyl groups excluding tert-OH is 1. The average Bonchev–Trinajstić information content (AvgIpc) is 2.46. The van der Waals surface area contributed by atoms with Crippen LogP contribution in [0.2, 0.25) is 0 Å². The maximum absolute atomic E-state index is 9.67. The van der Waals surface area contributed by atoms with Gasteiger partial charge in [-0.05, 0) is 19.4 Å². The van der Waals surface area contributed by atoms with E-state index < -0.39 is 6.10 Å². The molecule has 0 bridgehead atoms. The van der Waals surface area contributed by atoms with Crippen LogP contribution in [0.1, 0.15) is 76.9 Å². The van der Waals surface area contributed by atoms with Gasteiger partial charge in [0, 0.05) is 5.56 Å². The maximum atomic E-state index is 9.67. The Bertz CT molecular complexity index is 347. The second kappa shape index (κ2) is 10.7. The minimum absolute atomic E-state index is 0.468. The number of benzene rings is 1. The highest BCUT2D eigenvalue weighted by Gasteiger charge is 2.07. The van der Waals surface area contributed by atoms with E-state index in [1.54, 1.807) is 6.92 Å². The third-order valence-corrected chi connectivity index (χ3v) is 3.62. The summed E-state index contributed by atoms with van der Waals surface area (Å²) in [6.07, 6.45) is 9.98. The normalized spacial score (nSPS) is 12.3. The number of ether oxygens (including phenoxy) is 1. The van der Waals surface area contributed by atoms with Gasteiger partial charge >= 0.3 is 0 Å². The van der Waals surface area contributed by atoms with E-state index in [9.17, 15) is 5.11 Å². The van der Waals surface area contributed by atoms with E-state index in [-0.39, 0.29) is 0 Å². The number of rotatable bonds is 11. The van der Waals surface area contributed by atoms with E-state index in [4.69, 9.17) is 4.74 Å². The number of para-hydroxylation sites is 1. The van der Waals surface area contributed by atoms with Crippen LogP contribution in [0.4, 0.5) is 0 Å². The molecule has 1 aromatic rings. The van der Waals surface area contributed by atoms with Crippen LogP contribution < -0.4 is 4.74 Å². The van der Waals surface area contributed by atoms with E-state index in [0.717, 1.165) is 24.3 Å². The molecular formula is C18H30O2. The Morgan fingerprint density at radius 3 is 2.20 bits per heavy atom. The summed E-state index contributed by atoms with van der Waals surface area (Å²) in [7, 11) is 0. The molecule has 114 valence electrons. The SMILES string of the molecule is CCCCCCCCCCOc1ccccc1C(C)O. The molecule has 0 saturated heterocycles. The van der Waals surface area contributed by atoms with Crippen LogP contribution in [-0.2, 0) is 0 Å². The summed E-state index contributed by atoms with van der Waals surface area (Å²) in [6, 6.07) is 7.75. The molecule has 1 unspecified atom stereocenters. The number of hydrogen-bond donors (Lipinski definition) is 1. The lowest BCUT2D eigenvalue weighted by molar-refractivity contribution is 0.190. The van der Waals surface area contributed by atoms with Gasteiger partial charge in [-0.3, -0.25) is 0 Å². The first kappa shape index (κ1) is 17.0. The molecule has 2 nitrogen and oxygen atoms in total. The molecule has 1 atom stereocenters. The zero-order chi connectivity index (χ0) is 14.6. The topological polar surface area (TPSA) is 29.5 Å². The van der Waals surface area contributed by atoms with Crippen molar-refractivity contribution in [2.45, 2.75) is 71.3 Å². The molecule has 1 N–H and O–H groups in total. The molecule has 0 aromatic heterocycles. The van der Waals surface area contributed by atoms with Crippen LogP contribution in [-0.4, -0.2) is 11.7 Å². The molecule has 0 heterocycles. The van der Waals surface area contributed by atoms with Crippen LogP contribution in [0, 0.1) is 0 Å². The van der Waals surface area contributed by atoms with Gasteiger partial charge in [-0.2, -0.15) is 0 Å². The zero-order valence-electron chi connectivity index (χ0n) is 13.1. The van der Waals surface area contributed by atoms with Crippen molar-refractivity contribution in [3.63, 3.8) is 0 Å². The molecule has 0 amide bonds. The number of unbranched alkanes of at least 4 members (excludes halogenated alkanes) is 7. The van der Waals surface area contributed by atoms with Gasteiger partial charge in [0.25, 0.3) is 0 Å². The predicted molar refractivity (Wildman–Crippen MR) is 85.2 cm³/mol. The van der Waals surface area contributed by atoms with Gasteiger partial charge in [-0.15, -0.1) is 0 Å². The Balaban J connectivity index is 2.10. The van der Waals surface area contributed by atoms with Crippen molar-refractivity contribution >= 4 is 0 Å². The highest BCUT2D eigenvalue weighted by molar-refractivity contribution is 5.34. The summed E-state index contributed by atoms with van der Waals surface area (Å²) >= 11 is 0. The molecular weight excluding hydrogens is 248 g/mol. The van der Waals surface area contributed by atoms with Crippen LogP contribution in [0.25, 0.3) is 0 Å². The average molecular weight is 278 g/mol. The van der Waals surface area contributed by atoms with Gasteiger partial charge in [0.05, 0.1) is 12.7 Å². The Hall–Kier alpha value is -1.02. The minimum Gasteiger partial charge on any atom is -0.493 e. The van der Waals surface area contributed by atoms with Crippen LogP contribution in [0.15, 0.2) is 24.3 Å². The second-order valence-corrected chi connectivity index (χ2v) is 5.54. The Morgan fingerprint density at radius 2 is 1.55 bits per heavy atom. The highest BCUT2D eigenvalue weighted by Crippen LogP contribution is 2.24. The summed E-state index contributed by atoms with van der Waals surface area (Å²) in [5.41, 5.74) is 0.882. The molecule has 0 aliphatic heterocycles. The fraction of sp³-hybridized carbons (Fsp3) is 0.667. The molecule has 0 saturated carbocycles. The molecule has 1 rings (SSSR count). The first-order valence-electron chi connectivity index (χ1n) is 8.15. The summed E-state index contributed by atoms with van der Waals surface area (Å²) < 4.78 is 5.78. The van der Waals surface area contributed by atoms with Gasteiger partial charge < -0.3 is 9.84 Å². The van der Waals surface area contributed by atoms with Crippen molar-refractivity contribution in [3.8, 4) is 5.75 Å². The summed E-state index contributed by atoms with van der Waals surface area (Å²) in [5, 5.41) is 9.67. The van der Waals surface area contributed by atoms with Crippen molar-refractivity contribution in [3.05, 3.63) is 29.8 Å². The first-order chi connectivity index (χ1) is 9.75. The van der Waals surface area contributed by atoms with Gasteiger partial charge in [0.2, 0.25) is 0 Å². The quantitative estimate of drug-likeness (QED) is 0.559. The standard InChI is InChI=1S/C18H30O2/c1-3-4-5-6-7-8-9-12-15-20-18-14-11-10-13-17(18)16(2)19/h10-11,13-14,16,19H,3-9,12,15H2,1-2H3. The summed E-state index contributed by atoms with van der Waals surface area (Å²) in [4.78, 5) is 0. The molecule has 0 aliphatic rings. The second-order valence-electron chi connectivity index (χ2n) is 5.54. The smallest absolute Gasteiger partial charge is 0.125 e. The molecule has 0 spiro atoms. The molecule has 0 fully saturated rings. The predicted octanol–water partition coefficient (Wildman–Crippen LogP) is 5.26. The Morgan fingerprint density at radius 1 is 0.950 bits per heavy atom. The van der Waals surface area contributed by atoms with Crippen LogP contribution >= 0.6 is 0 Å². The highest BCUT2D eigenvalue weighted by atomic mass is 16.5. The van der Waals surface area contributed by atoms with Crippen molar-refractivity contribution < 1.29 is 9.84 Å². The molecule has 0 aliphatic carbocycles. The van der Waals surface area contributed by atoms with Gasteiger partial charge in [0.1, 0.15) is 5.75 Å². The third-order valence-electron chi connectivity index (χ3n) is 3.62. The Kier molecular flexibility index (Phi) is 9.14. The van der Waals surface area contributed by atoms with Crippen molar-refractivity contribution in [1.29, 1.82) is 0 Å².